The number of hydrogen-bond donors (Lipinski definition) is 1. The lowest BCUT2D eigenvalue weighted by Gasteiger charge is -2.17. The van der Waals surface area contributed by atoms with E-state index >= 15 is 0 Å². The van der Waals surface area contributed by atoms with Crippen LogP contribution in [-0.4, -0.2) is 5.91 Å². The zero-order valence-electron chi connectivity index (χ0n) is 14.7. The minimum atomic E-state index is -0.437. The van der Waals surface area contributed by atoms with Crippen molar-refractivity contribution < 1.29 is 9.53 Å². The molecule has 0 saturated heterocycles. The molecule has 3 aromatic rings. The molecule has 0 aliphatic carbocycles. The summed E-state index contributed by atoms with van der Waals surface area (Å²) in [7, 11) is 0. The van der Waals surface area contributed by atoms with Crippen LogP contribution in [0.15, 0.2) is 54.6 Å². The molecule has 5 rings (SSSR count). The summed E-state index contributed by atoms with van der Waals surface area (Å²) in [6.45, 7) is 1.98. The molecule has 2 atom stereocenters. The average Bonchev–Trinajstić information content (AvgIpc) is 3.24. The largest absolute Gasteiger partial charge is 0.366 e. The lowest BCUT2D eigenvalue weighted by atomic mass is 9.83. The zero-order chi connectivity index (χ0) is 18.7. The summed E-state index contributed by atoms with van der Waals surface area (Å²) in [6, 6.07) is 20.0. The molecule has 0 radical (unpaired) electrons. The number of carbonyl (C=O) groups is 1. The molecule has 2 N–H and O–H groups in total. The quantitative estimate of drug-likeness (QED) is 0.752. The Balaban J connectivity index is 1.63. The van der Waals surface area contributed by atoms with Gasteiger partial charge in [0.25, 0.3) is 0 Å². The highest BCUT2D eigenvalue weighted by Crippen LogP contribution is 2.54. The first-order valence-electron chi connectivity index (χ1n) is 8.81. The number of nitrogens with zero attached hydrogens (tertiary/aromatic N) is 1. The summed E-state index contributed by atoms with van der Waals surface area (Å²) < 4.78 is 6.20. The number of ether oxygens (including phenoxy) is 1. The van der Waals surface area contributed by atoms with Crippen LogP contribution < -0.4 is 5.73 Å². The van der Waals surface area contributed by atoms with E-state index in [9.17, 15) is 10.1 Å². The molecule has 2 aliphatic rings. The second-order valence-corrected chi connectivity index (χ2v) is 7.11. The molecule has 2 bridgehead atoms. The normalized spacial score (nSPS) is 18.7. The monoisotopic (exact) mass is 352 g/mol. The van der Waals surface area contributed by atoms with Crippen LogP contribution in [0.2, 0.25) is 0 Å². The first-order valence-corrected chi connectivity index (χ1v) is 8.81. The number of amides is 1. The van der Waals surface area contributed by atoms with Crippen LogP contribution in [0.5, 0.6) is 0 Å². The van der Waals surface area contributed by atoms with E-state index in [2.05, 4.69) is 18.2 Å². The molecular formula is C23H16N2O2. The van der Waals surface area contributed by atoms with Crippen LogP contribution in [-0.2, 0) is 4.74 Å². The first kappa shape index (κ1) is 15.8. The van der Waals surface area contributed by atoms with Crippen molar-refractivity contribution >= 4 is 5.91 Å². The SMILES string of the molecule is Cc1ccc(-c2ccc3c(c2)C2OC3c3ccc(C(N)=O)cc32)c(C#N)c1. The van der Waals surface area contributed by atoms with Crippen molar-refractivity contribution in [2.24, 2.45) is 5.73 Å². The number of benzene rings is 3. The summed E-state index contributed by atoms with van der Waals surface area (Å²) in [5, 5.41) is 9.50. The van der Waals surface area contributed by atoms with Gasteiger partial charge in [0.05, 0.1) is 11.6 Å². The van der Waals surface area contributed by atoms with Gasteiger partial charge in [0.15, 0.2) is 0 Å². The van der Waals surface area contributed by atoms with Crippen LogP contribution in [0, 0.1) is 18.3 Å². The van der Waals surface area contributed by atoms with Gasteiger partial charge in [0, 0.05) is 5.56 Å². The molecule has 2 aliphatic heterocycles. The number of hydrogen-bond acceptors (Lipinski definition) is 3. The summed E-state index contributed by atoms with van der Waals surface area (Å²) in [6.07, 6.45) is -0.306. The van der Waals surface area contributed by atoms with E-state index in [1.54, 1.807) is 6.07 Å². The number of nitriles is 1. The molecule has 3 aromatic carbocycles. The van der Waals surface area contributed by atoms with Crippen molar-refractivity contribution in [2.45, 2.75) is 19.1 Å². The maximum atomic E-state index is 11.5. The Morgan fingerprint density at radius 1 is 0.963 bits per heavy atom. The van der Waals surface area contributed by atoms with Crippen molar-refractivity contribution in [3.63, 3.8) is 0 Å². The molecule has 0 spiro atoms. The maximum Gasteiger partial charge on any atom is 0.248 e. The third kappa shape index (κ3) is 2.22. The predicted molar refractivity (Wildman–Crippen MR) is 101 cm³/mol. The number of fused-ring (bicyclic) bond motifs is 8. The van der Waals surface area contributed by atoms with Crippen LogP contribution in [0.3, 0.4) is 0 Å². The van der Waals surface area contributed by atoms with Gasteiger partial charge in [-0.3, -0.25) is 4.79 Å². The van der Waals surface area contributed by atoms with Gasteiger partial charge < -0.3 is 10.5 Å². The van der Waals surface area contributed by atoms with Gasteiger partial charge in [-0.05, 0) is 70.1 Å². The zero-order valence-corrected chi connectivity index (χ0v) is 14.7. The van der Waals surface area contributed by atoms with Crippen molar-refractivity contribution in [1.82, 2.24) is 0 Å². The second-order valence-electron chi connectivity index (χ2n) is 7.11. The number of aryl methyl sites for hydroxylation is 1. The summed E-state index contributed by atoms with van der Waals surface area (Å²) in [4.78, 5) is 11.5. The van der Waals surface area contributed by atoms with Gasteiger partial charge >= 0.3 is 0 Å². The molecule has 4 nitrogen and oxygen atoms in total. The second kappa shape index (κ2) is 5.54. The molecule has 1 amide bonds. The van der Waals surface area contributed by atoms with E-state index < -0.39 is 5.91 Å². The van der Waals surface area contributed by atoms with Crippen molar-refractivity contribution in [1.29, 1.82) is 5.26 Å². The van der Waals surface area contributed by atoms with E-state index in [0.717, 1.165) is 38.9 Å². The minimum absolute atomic E-state index is 0.107. The van der Waals surface area contributed by atoms with Gasteiger partial charge in [-0.1, -0.05) is 30.3 Å². The summed E-state index contributed by atoms with van der Waals surface area (Å²) >= 11 is 0. The van der Waals surface area contributed by atoms with Crippen LogP contribution in [0.1, 0.15) is 55.9 Å². The molecule has 27 heavy (non-hydrogen) atoms. The van der Waals surface area contributed by atoms with Crippen molar-refractivity contribution in [3.8, 4) is 17.2 Å². The van der Waals surface area contributed by atoms with Gasteiger partial charge in [-0.25, -0.2) is 0 Å². The Bertz CT molecular complexity index is 1170. The lowest BCUT2D eigenvalue weighted by molar-refractivity contribution is 0.0857. The molecular weight excluding hydrogens is 336 g/mol. The highest BCUT2D eigenvalue weighted by atomic mass is 16.5. The molecule has 4 heteroatoms. The van der Waals surface area contributed by atoms with Crippen LogP contribution >= 0.6 is 0 Å². The van der Waals surface area contributed by atoms with Crippen LogP contribution in [0.25, 0.3) is 11.1 Å². The smallest absolute Gasteiger partial charge is 0.248 e. The maximum absolute atomic E-state index is 11.5. The van der Waals surface area contributed by atoms with Crippen molar-refractivity contribution in [2.75, 3.05) is 0 Å². The molecule has 0 aromatic heterocycles. The molecule has 130 valence electrons. The minimum Gasteiger partial charge on any atom is -0.366 e. The Kier molecular flexibility index (Phi) is 3.24. The number of nitrogens with two attached hydrogens (primary N) is 1. The van der Waals surface area contributed by atoms with E-state index in [0.29, 0.717) is 11.1 Å². The lowest BCUT2D eigenvalue weighted by Crippen LogP contribution is -2.12. The van der Waals surface area contributed by atoms with Gasteiger partial charge in [-0.2, -0.15) is 5.26 Å². The topological polar surface area (TPSA) is 76.1 Å². The number of primary amides is 1. The molecule has 2 heterocycles. The Morgan fingerprint density at radius 3 is 2.41 bits per heavy atom. The standard InChI is InChI=1S/C23H16N2O2/c1-12-2-5-16(15(8-12)11-24)13-3-6-17-19(9-13)22-20-10-14(23(25)26)4-7-18(20)21(17)27-22/h2-10,21-22H,1H3,(H2,25,26). The highest BCUT2D eigenvalue weighted by molar-refractivity contribution is 5.93. The summed E-state index contributed by atoms with van der Waals surface area (Å²) in [5.74, 6) is -0.437. The van der Waals surface area contributed by atoms with Gasteiger partial charge in [0.1, 0.15) is 12.2 Å². The fraction of sp³-hybridized carbons (Fsp3) is 0.130. The Labute approximate surface area is 156 Å². The van der Waals surface area contributed by atoms with E-state index in [4.69, 9.17) is 10.5 Å². The summed E-state index contributed by atoms with van der Waals surface area (Å²) in [5.41, 5.74) is 13.9. The third-order valence-electron chi connectivity index (χ3n) is 5.47. The fourth-order valence-corrected chi connectivity index (χ4v) is 4.17. The Morgan fingerprint density at radius 2 is 1.67 bits per heavy atom. The third-order valence-corrected chi connectivity index (χ3v) is 5.47. The van der Waals surface area contributed by atoms with Gasteiger partial charge in [0.2, 0.25) is 5.91 Å². The van der Waals surface area contributed by atoms with Crippen molar-refractivity contribution in [3.05, 3.63) is 93.5 Å². The van der Waals surface area contributed by atoms with E-state index in [-0.39, 0.29) is 12.2 Å². The highest BCUT2D eigenvalue weighted by Gasteiger charge is 2.42. The molecule has 2 unspecified atom stereocenters. The van der Waals surface area contributed by atoms with E-state index in [1.165, 1.54) is 0 Å². The molecule has 0 saturated carbocycles. The average molecular weight is 352 g/mol. The van der Waals surface area contributed by atoms with E-state index in [1.807, 2.05) is 43.3 Å². The first-order chi connectivity index (χ1) is 13.1. The number of carbonyl (C=O) groups excluding carboxylic acids is 1. The van der Waals surface area contributed by atoms with Gasteiger partial charge in [-0.15, -0.1) is 0 Å². The van der Waals surface area contributed by atoms with Crippen LogP contribution in [0.4, 0.5) is 0 Å². The predicted octanol–water partition coefficient (Wildman–Crippen LogP) is 4.16. The number of rotatable bonds is 2. The Hall–Kier alpha value is -3.42. The fourth-order valence-electron chi connectivity index (χ4n) is 4.17. The molecule has 0 fully saturated rings.